The van der Waals surface area contributed by atoms with Gasteiger partial charge in [0.1, 0.15) is 0 Å². The summed E-state index contributed by atoms with van der Waals surface area (Å²) in [5.41, 5.74) is 2.64. The minimum Gasteiger partial charge on any atom is -0.353 e. The van der Waals surface area contributed by atoms with Gasteiger partial charge in [-0.2, -0.15) is 0 Å². The van der Waals surface area contributed by atoms with Gasteiger partial charge in [0.2, 0.25) is 0 Å². The maximum Gasteiger partial charge on any atom is 0.157 e. The van der Waals surface area contributed by atoms with Gasteiger partial charge in [0, 0.05) is 11.9 Å². The largest absolute Gasteiger partial charge is 0.353 e. The number of hydrogen-bond acceptors (Lipinski definition) is 2. The number of benzene rings is 1. The number of ether oxygens (including phenoxy) is 2. The Hall–Kier alpha value is -0.380. The molecular weight excluding hydrogens is 292 g/mol. The molecule has 1 aliphatic rings. The Labute approximate surface area is 118 Å². The van der Waals surface area contributed by atoms with Crippen molar-refractivity contribution in [3.8, 4) is 0 Å². The average molecular weight is 313 g/mol. The standard InChI is InChI=1S/C15H21BrO2/c1-12(18-15-7-2-3-8-17-15)9-13-5-4-6-14(10-13)11-16/h4-6,10,12,15H,2-3,7-9,11H2,1H3. The van der Waals surface area contributed by atoms with E-state index in [9.17, 15) is 0 Å². The van der Waals surface area contributed by atoms with Gasteiger partial charge in [-0.25, -0.2) is 0 Å². The fourth-order valence-electron chi connectivity index (χ4n) is 2.30. The molecule has 0 aromatic heterocycles. The summed E-state index contributed by atoms with van der Waals surface area (Å²) in [7, 11) is 0. The minimum atomic E-state index is 0.00751. The molecule has 1 aromatic carbocycles. The molecule has 2 unspecified atom stereocenters. The van der Waals surface area contributed by atoms with E-state index in [1.54, 1.807) is 0 Å². The Morgan fingerprint density at radius 2 is 2.22 bits per heavy atom. The molecule has 0 aliphatic carbocycles. The molecule has 1 aromatic rings. The summed E-state index contributed by atoms with van der Waals surface area (Å²) in [6.07, 6.45) is 4.58. The lowest BCUT2D eigenvalue weighted by molar-refractivity contribution is -0.183. The SMILES string of the molecule is CC(Cc1cccc(CBr)c1)OC1CCCCO1. The molecule has 1 saturated heterocycles. The molecule has 0 radical (unpaired) electrons. The molecular formula is C15H21BrO2. The summed E-state index contributed by atoms with van der Waals surface area (Å²) in [5.74, 6) is 0. The molecule has 2 atom stereocenters. The second-order valence-corrected chi connectivity index (χ2v) is 5.46. The summed E-state index contributed by atoms with van der Waals surface area (Å²) in [4.78, 5) is 0. The highest BCUT2D eigenvalue weighted by Crippen LogP contribution is 2.18. The summed E-state index contributed by atoms with van der Waals surface area (Å²) < 4.78 is 11.5. The average Bonchev–Trinajstić information content (AvgIpc) is 2.40. The Kier molecular flexibility index (Phi) is 5.67. The lowest BCUT2D eigenvalue weighted by Gasteiger charge is -2.26. The van der Waals surface area contributed by atoms with Crippen LogP contribution in [0.25, 0.3) is 0 Å². The van der Waals surface area contributed by atoms with Crippen molar-refractivity contribution in [3.05, 3.63) is 35.4 Å². The van der Waals surface area contributed by atoms with Crippen molar-refractivity contribution in [1.29, 1.82) is 0 Å². The molecule has 1 aliphatic heterocycles. The van der Waals surface area contributed by atoms with E-state index in [4.69, 9.17) is 9.47 Å². The predicted molar refractivity (Wildman–Crippen MR) is 76.9 cm³/mol. The van der Waals surface area contributed by atoms with E-state index in [1.807, 2.05) is 0 Å². The Balaban J connectivity index is 1.83. The molecule has 3 heteroatoms. The van der Waals surface area contributed by atoms with E-state index >= 15 is 0 Å². The first-order valence-electron chi connectivity index (χ1n) is 6.69. The fourth-order valence-corrected chi connectivity index (χ4v) is 2.65. The van der Waals surface area contributed by atoms with Gasteiger partial charge in [-0.3, -0.25) is 0 Å². The van der Waals surface area contributed by atoms with Gasteiger partial charge in [-0.1, -0.05) is 40.2 Å². The Morgan fingerprint density at radius 1 is 1.39 bits per heavy atom. The molecule has 2 nitrogen and oxygen atoms in total. The predicted octanol–water partition coefficient (Wildman–Crippen LogP) is 4.06. The van der Waals surface area contributed by atoms with Crippen molar-refractivity contribution in [2.75, 3.05) is 6.61 Å². The second kappa shape index (κ2) is 7.27. The van der Waals surface area contributed by atoms with Crippen molar-refractivity contribution in [2.45, 2.75) is 50.3 Å². The zero-order valence-electron chi connectivity index (χ0n) is 10.9. The number of alkyl halides is 1. The van der Waals surface area contributed by atoms with Crippen molar-refractivity contribution < 1.29 is 9.47 Å². The van der Waals surface area contributed by atoms with Crippen LogP contribution in [0.5, 0.6) is 0 Å². The highest BCUT2D eigenvalue weighted by atomic mass is 79.9. The zero-order chi connectivity index (χ0) is 12.8. The maximum atomic E-state index is 5.93. The van der Waals surface area contributed by atoms with Gasteiger partial charge in [-0.05, 0) is 43.7 Å². The van der Waals surface area contributed by atoms with Crippen LogP contribution in [0.3, 0.4) is 0 Å². The topological polar surface area (TPSA) is 18.5 Å². The fraction of sp³-hybridized carbons (Fsp3) is 0.600. The number of rotatable bonds is 5. The van der Waals surface area contributed by atoms with E-state index in [0.717, 1.165) is 24.8 Å². The third-order valence-electron chi connectivity index (χ3n) is 3.19. The van der Waals surface area contributed by atoms with Crippen LogP contribution in [0.4, 0.5) is 0 Å². The third-order valence-corrected chi connectivity index (χ3v) is 3.84. The molecule has 1 heterocycles. The smallest absolute Gasteiger partial charge is 0.157 e. The highest BCUT2D eigenvalue weighted by Gasteiger charge is 2.17. The molecule has 0 saturated carbocycles. The molecule has 100 valence electrons. The van der Waals surface area contributed by atoms with E-state index < -0.39 is 0 Å². The molecule has 1 fully saturated rings. The van der Waals surface area contributed by atoms with E-state index in [0.29, 0.717) is 0 Å². The molecule has 0 spiro atoms. The van der Waals surface area contributed by atoms with Crippen LogP contribution in [-0.2, 0) is 21.2 Å². The van der Waals surface area contributed by atoms with Gasteiger partial charge in [0.15, 0.2) is 6.29 Å². The summed E-state index contributed by atoms with van der Waals surface area (Å²) in [5, 5.41) is 0.905. The molecule has 0 N–H and O–H groups in total. The summed E-state index contributed by atoms with van der Waals surface area (Å²) >= 11 is 3.49. The monoisotopic (exact) mass is 312 g/mol. The van der Waals surface area contributed by atoms with Crippen LogP contribution in [-0.4, -0.2) is 19.0 Å². The van der Waals surface area contributed by atoms with E-state index in [2.05, 4.69) is 47.1 Å². The van der Waals surface area contributed by atoms with Gasteiger partial charge >= 0.3 is 0 Å². The number of halogens is 1. The van der Waals surface area contributed by atoms with Gasteiger partial charge in [-0.15, -0.1) is 0 Å². The summed E-state index contributed by atoms with van der Waals surface area (Å²) in [6.45, 7) is 2.97. The first-order valence-corrected chi connectivity index (χ1v) is 7.81. The maximum absolute atomic E-state index is 5.93. The van der Waals surface area contributed by atoms with Crippen molar-refractivity contribution in [1.82, 2.24) is 0 Å². The van der Waals surface area contributed by atoms with Crippen LogP contribution in [0.2, 0.25) is 0 Å². The minimum absolute atomic E-state index is 0.00751. The zero-order valence-corrected chi connectivity index (χ0v) is 12.5. The molecule has 2 rings (SSSR count). The first kappa shape index (κ1) is 14.0. The first-order chi connectivity index (χ1) is 8.78. The lowest BCUT2D eigenvalue weighted by atomic mass is 10.1. The van der Waals surface area contributed by atoms with Crippen LogP contribution in [0, 0.1) is 0 Å². The van der Waals surface area contributed by atoms with Crippen molar-refractivity contribution in [3.63, 3.8) is 0 Å². The van der Waals surface area contributed by atoms with Crippen molar-refractivity contribution in [2.24, 2.45) is 0 Å². The Bertz CT molecular complexity index is 361. The third kappa shape index (κ3) is 4.38. The summed E-state index contributed by atoms with van der Waals surface area (Å²) in [6, 6.07) is 8.63. The number of hydrogen-bond donors (Lipinski definition) is 0. The van der Waals surface area contributed by atoms with Gasteiger partial charge in [0.25, 0.3) is 0 Å². The van der Waals surface area contributed by atoms with Crippen LogP contribution >= 0.6 is 15.9 Å². The van der Waals surface area contributed by atoms with Crippen LogP contribution in [0.15, 0.2) is 24.3 Å². The van der Waals surface area contributed by atoms with Gasteiger partial charge < -0.3 is 9.47 Å². The van der Waals surface area contributed by atoms with Crippen LogP contribution in [0.1, 0.15) is 37.3 Å². The van der Waals surface area contributed by atoms with Crippen molar-refractivity contribution >= 4 is 15.9 Å². The lowest BCUT2D eigenvalue weighted by Crippen LogP contribution is -2.27. The van der Waals surface area contributed by atoms with E-state index in [1.165, 1.54) is 24.0 Å². The molecule has 0 bridgehead atoms. The Morgan fingerprint density at radius 3 is 2.94 bits per heavy atom. The second-order valence-electron chi connectivity index (χ2n) is 4.90. The molecule has 18 heavy (non-hydrogen) atoms. The van der Waals surface area contributed by atoms with E-state index in [-0.39, 0.29) is 12.4 Å². The quantitative estimate of drug-likeness (QED) is 0.763. The van der Waals surface area contributed by atoms with Crippen LogP contribution < -0.4 is 0 Å². The highest BCUT2D eigenvalue weighted by molar-refractivity contribution is 9.08. The molecule has 0 amide bonds. The normalized spacial score (nSPS) is 21.8. The van der Waals surface area contributed by atoms with Gasteiger partial charge in [0.05, 0.1) is 6.10 Å².